The van der Waals surface area contributed by atoms with Gasteiger partial charge in [0.15, 0.2) is 0 Å². The number of hydrogen-bond acceptors (Lipinski definition) is 3. The third kappa shape index (κ3) is 3.70. The van der Waals surface area contributed by atoms with Crippen LogP contribution in [0.2, 0.25) is 0 Å². The second-order valence-electron chi connectivity index (χ2n) is 2.84. The minimum Gasteiger partial charge on any atom is -0.494 e. The van der Waals surface area contributed by atoms with Gasteiger partial charge in [-0.25, -0.2) is 0 Å². The molecule has 3 nitrogen and oxygen atoms in total. The molecular weight excluding hydrogens is 192 g/mol. The second kappa shape index (κ2) is 6.17. The second-order valence-corrected chi connectivity index (χ2v) is 2.84. The van der Waals surface area contributed by atoms with Gasteiger partial charge in [0, 0.05) is 12.1 Å². The van der Waals surface area contributed by atoms with E-state index in [4.69, 9.17) is 14.2 Å². The Kier molecular flexibility index (Phi) is 4.81. The van der Waals surface area contributed by atoms with Gasteiger partial charge in [-0.15, -0.1) is 0 Å². The molecule has 0 saturated carbocycles. The summed E-state index contributed by atoms with van der Waals surface area (Å²) in [7, 11) is 0. The largest absolute Gasteiger partial charge is 0.494 e. The van der Waals surface area contributed by atoms with Gasteiger partial charge in [-0.05, 0) is 20.8 Å². The van der Waals surface area contributed by atoms with Gasteiger partial charge >= 0.3 is 0 Å². The van der Waals surface area contributed by atoms with Crippen molar-refractivity contribution in [3.8, 4) is 17.2 Å². The van der Waals surface area contributed by atoms with Crippen molar-refractivity contribution in [1.82, 2.24) is 0 Å². The zero-order chi connectivity index (χ0) is 11.1. The fourth-order valence-corrected chi connectivity index (χ4v) is 1.21. The first kappa shape index (κ1) is 11.7. The maximum Gasteiger partial charge on any atom is 0.134 e. The van der Waals surface area contributed by atoms with Crippen molar-refractivity contribution >= 4 is 0 Å². The summed E-state index contributed by atoms with van der Waals surface area (Å²) in [6, 6.07) is 6.65. The van der Waals surface area contributed by atoms with E-state index in [1.165, 1.54) is 0 Å². The average molecular weight is 209 g/mol. The Morgan fingerprint density at radius 2 is 1.33 bits per heavy atom. The lowest BCUT2D eigenvalue weighted by Gasteiger charge is -2.10. The molecule has 0 aromatic heterocycles. The molecule has 1 aromatic rings. The molecule has 15 heavy (non-hydrogen) atoms. The molecular formula is C12H17O3. The van der Waals surface area contributed by atoms with Crippen LogP contribution in [0, 0.1) is 6.07 Å². The number of ether oxygens (including phenoxy) is 3. The third-order valence-electron chi connectivity index (χ3n) is 1.70. The summed E-state index contributed by atoms with van der Waals surface area (Å²) in [6.07, 6.45) is 0. The Bertz CT molecular complexity index is 237. The summed E-state index contributed by atoms with van der Waals surface area (Å²) in [4.78, 5) is 0. The molecule has 83 valence electrons. The van der Waals surface area contributed by atoms with Crippen LogP contribution >= 0.6 is 0 Å². The van der Waals surface area contributed by atoms with Crippen molar-refractivity contribution in [3.63, 3.8) is 0 Å². The van der Waals surface area contributed by atoms with Crippen molar-refractivity contribution in [2.75, 3.05) is 19.8 Å². The van der Waals surface area contributed by atoms with Gasteiger partial charge in [0.1, 0.15) is 17.2 Å². The van der Waals surface area contributed by atoms with Crippen LogP contribution in [-0.2, 0) is 0 Å². The molecule has 0 unspecified atom stereocenters. The lowest BCUT2D eigenvalue weighted by molar-refractivity contribution is 0.306. The van der Waals surface area contributed by atoms with Gasteiger partial charge in [-0.3, -0.25) is 0 Å². The highest BCUT2D eigenvalue weighted by molar-refractivity contribution is 5.40. The van der Waals surface area contributed by atoms with Crippen molar-refractivity contribution in [2.24, 2.45) is 0 Å². The highest BCUT2D eigenvalue weighted by Gasteiger charge is 2.03. The van der Waals surface area contributed by atoms with Crippen molar-refractivity contribution in [2.45, 2.75) is 20.8 Å². The maximum atomic E-state index is 5.40. The van der Waals surface area contributed by atoms with Crippen molar-refractivity contribution in [1.29, 1.82) is 0 Å². The fraction of sp³-hybridized carbons (Fsp3) is 0.500. The SMILES string of the molecule is CCOc1[c]c(OCC)cc(OCC)c1. The quantitative estimate of drug-likeness (QED) is 0.721. The van der Waals surface area contributed by atoms with E-state index >= 15 is 0 Å². The first-order chi connectivity index (χ1) is 7.30. The van der Waals surface area contributed by atoms with E-state index in [1.54, 1.807) is 0 Å². The minimum absolute atomic E-state index is 0.609. The van der Waals surface area contributed by atoms with Gasteiger partial charge < -0.3 is 14.2 Å². The van der Waals surface area contributed by atoms with Gasteiger partial charge in [0.05, 0.1) is 25.9 Å². The van der Waals surface area contributed by atoms with E-state index in [0.717, 1.165) is 5.75 Å². The number of rotatable bonds is 6. The van der Waals surface area contributed by atoms with Crippen LogP contribution in [0.1, 0.15) is 20.8 Å². The van der Waals surface area contributed by atoms with E-state index in [-0.39, 0.29) is 0 Å². The summed E-state index contributed by atoms with van der Waals surface area (Å²) in [5, 5.41) is 0. The molecule has 0 aliphatic rings. The Morgan fingerprint density at radius 1 is 0.867 bits per heavy atom. The van der Waals surface area contributed by atoms with Crippen LogP contribution in [0.15, 0.2) is 12.1 Å². The third-order valence-corrected chi connectivity index (χ3v) is 1.70. The molecule has 1 rings (SSSR count). The predicted octanol–water partition coefficient (Wildman–Crippen LogP) is 2.68. The molecule has 0 fully saturated rings. The van der Waals surface area contributed by atoms with E-state index in [0.29, 0.717) is 31.3 Å². The lowest BCUT2D eigenvalue weighted by atomic mass is 10.3. The molecule has 0 N–H and O–H groups in total. The molecule has 3 heteroatoms. The summed E-state index contributed by atoms with van der Waals surface area (Å²) in [6.45, 7) is 7.65. The summed E-state index contributed by atoms with van der Waals surface area (Å²) < 4.78 is 16.1. The molecule has 0 aliphatic carbocycles. The Hall–Kier alpha value is -1.38. The predicted molar refractivity (Wildman–Crippen MR) is 58.8 cm³/mol. The zero-order valence-corrected chi connectivity index (χ0v) is 9.50. The van der Waals surface area contributed by atoms with Crippen LogP contribution in [-0.4, -0.2) is 19.8 Å². The molecule has 1 radical (unpaired) electrons. The Morgan fingerprint density at radius 3 is 1.73 bits per heavy atom. The smallest absolute Gasteiger partial charge is 0.134 e. The Balaban J connectivity index is 2.86. The normalized spacial score (nSPS) is 9.80. The molecule has 0 amide bonds. The van der Waals surface area contributed by atoms with Gasteiger partial charge in [0.25, 0.3) is 0 Å². The fourth-order valence-electron chi connectivity index (χ4n) is 1.21. The number of benzene rings is 1. The van der Waals surface area contributed by atoms with Crippen LogP contribution in [0.4, 0.5) is 0 Å². The summed E-state index contributed by atoms with van der Waals surface area (Å²) in [5.41, 5.74) is 0. The summed E-state index contributed by atoms with van der Waals surface area (Å²) >= 11 is 0. The maximum absolute atomic E-state index is 5.40. The minimum atomic E-state index is 0.609. The van der Waals surface area contributed by atoms with E-state index in [1.807, 2.05) is 32.9 Å². The first-order valence-corrected chi connectivity index (χ1v) is 5.25. The number of hydrogen-bond donors (Lipinski definition) is 0. The highest BCUT2D eigenvalue weighted by Crippen LogP contribution is 2.27. The summed E-state index contributed by atoms with van der Waals surface area (Å²) in [5.74, 6) is 2.07. The molecule has 0 bridgehead atoms. The lowest BCUT2D eigenvalue weighted by Crippen LogP contribution is -1.98. The van der Waals surface area contributed by atoms with Gasteiger partial charge in [-0.1, -0.05) is 0 Å². The van der Waals surface area contributed by atoms with Gasteiger partial charge in [-0.2, -0.15) is 0 Å². The highest BCUT2D eigenvalue weighted by atomic mass is 16.5. The monoisotopic (exact) mass is 209 g/mol. The van der Waals surface area contributed by atoms with Crippen molar-refractivity contribution < 1.29 is 14.2 Å². The molecule has 1 aromatic carbocycles. The average Bonchev–Trinajstić information content (AvgIpc) is 2.19. The Labute approximate surface area is 91.0 Å². The topological polar surface area (TPSA) is 27.7 Å². The van der Waals surface area contributed by atoms with E-state index in [2.05, 4.69) is 6.07 Å². The van der Waals surface area contributed by atoms with E-state index < -0.39 is 0 Å². The molecule has 0 atom stereocenters. The first-order valence-electron chi connectivity index (χ1n) is 5.25. The molecule has 0 aliphatic heterocycles. The van der Waals surface area contributed by atoms with Crippen LogP contribution in [0.5, 0.6) is 17.2 Å². The van der Waals surface area contributed by atoms with Gasteiger partial charge in [0.2, 0.25) is 0 Å². The van der Waals surface area contributed by atoms with Crippen LogP contribution < -0.4 is 14.2 Å². The molecule has 0 saturated heterocycles. The zero-order valence-electron chi connectivity index (χ0n) is 9.50. The van der Waals surface area contributed by atoms with Crippen molar-refractivity contribution in [3.05, 3.63) is 18.2 Å². The molecule has 0 spiro atoms. The standard InChI is InChI=1S/C12H17O3/c1-4-13-10-7-11(14-5-2)9-12(8-10)15-6-3/h7-8H,4-6H2,1-3H3. The molecule has 0 heterocycles. The van der Waals surface area contributed by atoms with Crippen LogP contribution in [0.3, 0.4) is 0 Å². The van der Waals surface area contributed by atoms with Crippen LogP contribution in [0.25, 0.3) is 0 Å². The van der Waals surface area contributed by atoms with E-state index in [9.17, 15) is 0 Å².